The lowest BCUT2D eigenvalue weighted by Crippen LogP contribution is -2.48. The van der Waals surface area contributed by atoms with E-state index in [4.69, 9.17) is 4.74 Å². The Morgan fingerprint density at radius 2 is 1.80 bits per heavy atom. The molecule has 3 rings (SSSR count). The normalized spacial score (nSPS) is 18.2. The van der Waals surface area contributed by atoms with E-state index >= 15 is 0 Å². The fraction of sp³-hybridized carbons (Fsp3) is 0.464. The highest BCUT2D eigenvalue weighted by Gasteiger charge is 2.32. The molecule has 13 heteroatoms. The quantitative estimate of drug-likeness (QED) is 0.399. The van der Waals surface area contributed by atoms with Crippen LogP contribution in [0.2, 0.25) is 0 Å². The number of anilines is 2. The van der Waals surface area contributed by atoms with Crippen molar-refractivity contribution in [3.8, 4) is 5.75 Å². The molecule has 0 unspecified atom stereocenters. The zero-order valence-electron chi connectivity index (χ0n) is 23.0. The fourth-order valence-corrected chi connectivity index (χ4v) is 4.31. The molecule has 41 heavy (non-hydrogen) atoms. The van der Waals surface area contributed by atoms with Gasteiger partial charge >= 0.3 is 12.2 Å². The van der Waals surface area contributed by atoms with E-state index in [0.717, 1.165) is 0 Å². The van der Waals surface area contributed by atoms with Crippen LogP contribution in [0.5, 0.6) is 5.75 Å². The predicted octanol–water partition coefficient (Wildman–Crippen LogP) is 4.42. The predicted molar refractivity (Wildman–Crippen MR) is 144 cm³/mol. The Bertz CT molecular complexity index is 1220. The zero-order valence-corrected chi connectivity index (χ0v) is 23.0. The molecule has 1 aliphatic heterocycles. The number of hydrogen-bond donors (Lipinski definition) is 3. The molecule has 0 saturated heterocycles. The van der Waals surface area contributed by atoms with Crippen molar-refractivity contribution in [1.29, 1.82) is 0 Å². The Balaban J connectivity index is 1.84. The lowest BCUT2D eigenvalue weighted by molar-refractivity contribution is -0.142. The number of likely N-dealkylation sites (N-methyl/N-ethyl adjacent to an activating group) is 1. The monoisotopic (exact) mass is 582 g/mol. The van der Waals surface area contributed by atoms with Gasteiger partial charge in [0, 0.05) is 42.9 Å². The molecule has 2 aromatic rings. The molecule has 0 bridgehead atoms. The van der Waals surface area contributed by atoms with E-state index in [0.29, 0.717) is 17.0 Å². The maximum atomic E-state index is 13.3. The second kappa shape index (κ2) is 13.7. The van der Waals surface area contributed by atoms with Gasteiger partial charge in [0.2, 0.25) is 11.8 Å². The number of nitrogens with one attached hydrogen (secondary N) is 2. The van der Waals surface area contributed by atoms with Gasteiger partial charge in [0.05, 0.1) is 32.0 Å². The van der Waals surface area contributed by atoms with Crippen LogP contribution >= 0.6 is 0 Å². The number of carbonyl (C=O) groups excluding carboxylic acids is 3. The van der Waals surface area contributed by atoms with Gasteiger partial charge in [-0.05, 0) is 49.4 Å². The highest BCUT2D eigenvalue weighted by atomic mass is 19.4. The second-order valence-electron chi connectivity index (χ2n) is 10.2. The van der Waals surface area contributed by atoms with E-state index in [-0.39, 0.29) is 43.6 Å². The van der Waals surface area contributed by atoms with Crippen LogP contribution in [-0.2, 0) is 16.0 Å². The first kappa shape index (κ1) is 31.7. The largest absolute Gasteiger partial charge is 0.488 e. The summed E-state index contributed by atoms with van der Waals surface area (Å²) >= 11 is 0. The van der Waals surface area contributed by atoms with Gasteiger partial charge in [-0.3, -0.25) is 9.59 Å². The summed E-state index contributed by atoms with van der Waals surface area (Å²) in [5.74, 6) is -1.57. The van der Waals surface area contributed by atoms with E-state index in [1.807, 2.05) is 6.92 Å². The molecule has 2 aromatic carbocycles. The maximum Gasteiger partial charge on any atom is 0.389 e. The number of halogens is 4. The van der Waals surface area contributed by atoms with Crippen LogP contribution in [0.25, 0.3) is 0 Å². The highest BCUT2D eigenvalue weighted by Crippen LogP contribution is 2.30. The molecule has 0 spiro atoms. The number of aliphatic hydroxyl groups is 1. The zero-order chi connectivity index (χ0) is 30.3. The molecule has 9 nitrogen and oxygen atoms in total. The minimum Gasteiger partial charge on any atom is -0.488 e. The summed E-state index contributed by atoms with van der Waals surface area (Å²) in [5, 5.41) is 14.9. The van der Waals surface area contributed by atoms with Gasteiger partial charge in [0.25, 0.3) is 0 Å². The summed E-state index contributed by atoms with van der Waals surface area (Å²) in [6.07, 6.45) is -7.25. The van der Waals surface area contributed by atoms with E-state index in [1.54, 1.807) is 14.0 Å². The number of amides is 4. The number of fused-ring (bicyclic) bond motifs is 1. The van der Waals surface area contributed by atoms with Crippen LogP contribution in [0.15, 0.2) is 42.5 Å². The number of carbonyl (C=O) groups is 3. The Hall–Kier alpha value is -3.87. The van der Waals surface area contributed by atoms with Crippen molar-refractivity contribution < 1.29 is 41.8 Å². The van der Waals surface area contributed by atoms with Gasteiger partial charge in [-0.1, -0.05) is 6.92 Å². The average Bonchev–Trinajstić information content (AvgIpc) is 2.95. The summed E-state index contributed by atoms with van der Waals surface area (Å²) in [4.78, 5) is 41.1. The number of aliphatic hydroxyl groups excluding tert-OH is 1. The van der Waals surface area contributed by atoms with Gasteiger partial charge in [0.1, 0.15) is 17.7 Å². The number of hydrogen-bond acceptors (Lipinski definition) is 5. The van der Waals surface area contributed by atoms with Crippen LogP contribution in [0.1, 0.15) is 32.3 Å². The number of ether oxygens (including phenoxy) is 1. The van der Waals surface area contributed by atoms with Crippen molar-refractivity contribution in [3.63, 3.8) is 0 Å². The van der Waals surface area contributed by atoms with Gasteiger partial charge in [-0.25, -0.2) is 9.18 Å². The maximum absolute atomic E-state index is 13.3. The van der Waals surface area contributed by atoms with Crippen LogP contribution < -0.4 is 15.4 Å². The van der Waals surface area contributed by atoms with Crippen molar-refractivity contribution in [3.05, 3.63) is 53.8 Å². The molecule has 3 atom stereocenters. The third-order valence-corrected chi connectivity index (χ3v) is 6.73. The molecule has 1 aliphatic rings. The number of benzene rings is 2. The second-order valence-corrected chi connectivity index (χ2v) is 10.2. The Kier molecular flexibility index (Phi) is 10.5. The SMILES string of the molecule is C[C@@H]1CN([C@H](C)CO)C(=O)Cc2cc(NC(=O)CCC(F)(F)F)ccc2O[C@H]1CN(C)C(=O)Nc1ccc(F)cc1. The van der Waals surface area contributed by atoms with Gasteiger partial charge in [-0.15, -0.1) is 0 Å². The molecule has 0 fully saturated rings. The summed E-state index contributed by atoms with van der Waals surface area (Å²) in [7, 11) is 1.56. The molecule has 0 radical (unpaired) electrons. The lowest BCUT2D eigenvalue weighted by atomic mass is 10.0. The standard InChI is InChI=1S/C28H34F4N4O5/c1-17-14-36(18(2)16-37)26(39)13-19-12-22(33-25(38)10-11-28(30,31)32)8-9-23(19)41-24(17)15-35(3)27(40)34-21-6-4-20(29)5-7-21/h4-9,12,17-18,24,37H,10-11,13-16H2,1-3H3,(H,33,38)(H,34,40)/t17-,18-,24+/m1/s1. The van der Waals surface area contributed by atoms with E-state index in [9.17, 15) is 37.1 Å². The average molecular weight is 583 g/mol. The van der Waals surface area contributed by atoms with Crippen LogP contribution in [0.4, 0.5) is 33.7 Å². The summed E-state index contributed by atoms with van der Waals surface area (Å²) < 4.78 is 57.1. The molecule has 1 heterocycles. The van der Waals surface area contributed by atoms with Crippen molar-refractivity contribution in [2.24, 2.45) is 5.92 Å². The van der Waals surface area contributed by atoms with Gasteiger partial charge < -0.3 is 30.3 Å². The first-order valence-electron chi connectivity index (χ1n) is 13.1. The molecule has 0 aliphatic carbocycles. The minimum absolute atomic E-state index is 0.0963. The van der Waals surface area contributed by atoms with Crippen LogP contribution in [-0.4, -0.2) is 77.8 Å². The summed E-state index contributed by atoms with van der Waals surface area (Å²) in [6.45, 7) is 3.57. The molecule has 4 amide bonds. The number of rotatable bonds is 8. The minimum atomic E-state index is -4.47. The molecule has 224 valence electrons. The Morgan fingerprint density at radius 1 is 1.15 bits per heavy atom. The van der Waals surface area contributed by atoms with Crippen molar-refractivity contribution in [2.45, 2.75) is 51.4 Å². The first-order chi connectivity index (χ1) is 19.3. The van der Waals surface area contributed by atoms with Crippen molar-refractivity contribution in [2.75, 3.05) is 37.4 Å². The number of urea groups is 1. The van der Waals surface area contributed by atoms with Crippen LogP contribution in [0.3, 0.4) is 0 Å². The fourth-order valence-electron chi connectivity index (χ4n) is 4.31. The number of nitrogens with zero attached hydrogens (tertiary/aromatic N) is 2. The van der Waals surface area contributed by atoms with Crippen molar-refractivity contribution >= 4 is 29.2 Å². The van der Waals surface area contributed by atoms with Gasteiger partial charge in [-0.2, -0.15) is 13.2 Å². The molecular formula is C28H34F4N4O5. The molecular weight excluding hydrogens is 548 g/mol. The molecule has 3 N–H and O–H groups in total. The smallest absolute Gasteiger partial charge is 0.389 e. The van der Waals surface area contributed by atoms with E-state index in [1.165, 1.54) is 52.3 Å². The Morgan fingerprint density at radius 3 is 2.44 bits per heavy atom. The number of alkyl halides is 3. The Labute approximate surface area is 235 Å². The topological polar surface area (TPSA) is 111 Å². The van der Waals surface area contributed by atoms with E-state index < -0.39 is 48.9 Å². The third kappa shape index (κ3) is 9.34. The lowest BCUT2D eigenvalue weighted by Gasteiger charge is -2.34. The van der Waals surface area contributed by atoms with Crippen molar-refractivity contribution in [1.82, 2.24) is 9.80 Å². The molecule has 0 saturated carbocycles. The van der Waals surface area contributed by atoms with Gasteiger partial charge in [0.15, 0.2) is 0 Å². The van der Waals surface area contributed by atoms with Crippen LogP contribution in [0, 0.1) is 11.7 Å². The summed E-state index contributed by atoms with van der Waals surface area (Å²) in [5.41, 5.74) is 0.986. The van der Waals surface area contributed by atoms with E-state index in [2.05, 4.69) is 10.6 Å². The molecule has 0 aromatic heterocycles. The summed E-state index contributed by atoms with van der Waals surface area (Å²) in [6, 6.07) is 8.76. The highest BCUT2D eigenvalue weighted by molar-refractivity contribution is 5.91. The first-order valence-corrected chi connectivity index (χ1v) is 13.1. The third-order valence-electron chi connectivity index (χ3n) is 6.73.